The van der Waals surface area contributed by atoms with Crippen LogP contribution in [-0.4, -0.2) is 32.2 Å². The summed E-state index contributed by atoms with van der Waals surface area (Å²) in [4.78, 5) is 27.0. The number of aryl methyl sites for hydroxylation is 1. The van der Waals surface area contributed by atoms with Crippen molar-refractivity contribution in [2.75, 3.05) is 7.11 Å². The Bertz CT molecular complexity index is 1100. The molecule has 1 N–H and O–H groups in total. The van der Waals surface area contributed by atoms with Crippen LogP contribution in [0.3, 0.4) is 0 Å². The molecule has 0 bridgehead atoms. The molecule has 4 rings (SSSR count). The lowest BCUT2D eigenvalue weighted by molar-refractivity contribution is -0.140. The Morgan fingerprint density at radius 1 is 0.969 bits per heavy atom. The van der Waals surface area contributed by atoms with Crippen LogP contribution in [0.5, 0.6) is 5.75 Å². The maximum absolute atomic E-state index is 13.0. The lowest BCUT2D eigenvalue weighted by atomic mass is 9.81. The molecule has 1 saturated carbocycles. The van der Waals surface area contributed by atoms with Crippen LogP contribution in [0.4, 0.5) is 0 Å². The van der Waals surface area contributed by atoms with Crippen molar-refractivity contribution in [1.82, 2.24) is 9.62 Å². The van der Waals surface area contributed by atoms with Crippen molar-refractivity contribution in [3.05, 3.63) is 59.2 Å². The summed E-state index contributed by atoms with van der Waals surface area (Å²) in [7, 11) is -2.20. The SMILES string of the molecule is COc1ccc(CNS(=O)(=O)c2cc(CN3C(=O)[C@H]4CCCC[C@@H]4C3=O)ccc2C)cc1. The van der Waals surface area contributed by atoms with Crippen LogP contribution in [0, 0.1) is 18.8 Å². The molecule has 1 heterocycles. The number of likely N-dealkylation sites (tertiary alicyclic amines) is 1. The number of hydrogen-bond acceptors (Lipinski definition) is 5. The van der Waals surface area contributed by atoms with E-state index in [1.54, 1.807) is 56.5 Å². The third-order valence-corrected chi connectivity index (χ3v) is 7.98. The van der Waals surface area contributed by atoms with Crippen LogP contribution < -0.4 is 9.46 Å². The van der Waals surface area contributed by atoms with Gasteiger partial charge in [0.25, 0.3) is 0 Å². The zero-order valence-electron chi connectivity index (χ0n) is 18.3. The van der Waals surface area contributed by atoms with Crippen LogP contribution in [-0.2, 0) is 32.7 Å². The topological polar surface area (TPSA) is 92.8 Å². The summed E-state index contributed by atoms with van der Waals surface area (Å²) >= 11 is 0. The number of fused-ring (bicyclic) bond motifs is 1. The van der Waals surface area contributed by atoms with Gasteiger partial charge in [-0.15, -0.1) is 0 Å². The van der Waals surface area contributed by atoms with Gasteiger partial charge < -0.3 is 4.74 Å². The lowest BCUT2D eigenvalue weighted by Gasteiger charge is -2.19. The van der Waals surface area contributed by atoms with E-state index in [9.17, 15) is 18.0 Å². The zero-order valence-corrected chi connectivity index (χ0v) is 19.2. The highest BCUT2D eigenvalue weighted by Crippen LogP contribution is 2.38. The number of carbonyl (C=O) groups excluding carboxylic acids is 2. The van der Waals surface area contributed by atoms with E-state index < -0.39 is 10.0 Å². The van der Waals surface area contributed by atoms with Crippen molar-refractivity contribution < 1.29 is 22.7 Å². The summed E-state index contributed by atoms with van der Waals surface area (Å²) in [6.45, 7) is 1.97. The van der Waals surface area contributed by atoms with E-state index in [4.69, 9.17) is 4.74 Å². The minimum absolute atomic E-state index is 0.103. The predicted octanol–water partition coefficient (Wildman–Crippen LogP) is 3.16. The molecule has 1 aliphatic heterocycles. The quantitative estimate of drug-likeness (QED) is 0.646. The Hall–Kier alpha value is -2.71. The van der Waals surface area contributed by atoms with Gasteiger partial charge in [-0.2, -0.15) is 0 Å². The summed E-state index contributed by atoms with van der Waals surface area (Å²) in [6.07, 6.45) is 3.46. The summed E-state index contributed by atoms with van der Waals surface area (Å²) in [5.74, 6) is 0.0303. The number of nitrogens with one attached hydrogen (secondary N) is 1. The smallest absolute Gasteiger partial charge is 0.241 e. The van der Waals surface area contributed by atoms with E-state index in [2.05, 4.69) is 4.72 Å². The average molecular weight is 457 g/mol. The van der Waals surface area contributed by atoms with E-state index in [-0.39, 0.29) is 41.6 Å². The second kappa shape index (κ2) is 9.03. The number of methoxy groups -OCH3 is 1. The van der Waals surface area contributed by atoms with Gasteiger partial charge in [-0.3, -0.25) is 14.5 Å². The summed E-state index contributed by atoms with van der Waals surface area (Å²) in [6, 6.07) is 12.2. The Balaban J connectivity index is 1.50. The summed E-state index contributed by atoms with van der Waals surface area (Å²) in [5.41, 5.74) is 2.03. The number of rotatable bonds is 7. The van der Waals surface area contributed by atoms with Crippen molar-refractivity contribution in [3.63, 3.8) is 0 Å². The maximum atomic E-state index is 13.0. The molecule has 2 aromatic carbocycles. The first-order valence-corrected chi connectivity index (χ1v) is 12.4. The standard InChI is InChI=1S/C24H28N2O5S/c1-16-7-8-18(15-26-23(27)20-5-3-4-6-21(20)24(26)28)13-22(16)32(29,30)25-14-17-9-11-19(31-2)12-10-17/h7-13,20-21,25H,3-6,14-15H2,1-2H3/t20-,21-/m0/s1. The second-order valence-corrected chi connectivity index (χ2v) is 10.3. The molecule has 0 aromatic heterocycles. The van der Waals surface area contributed by atoms with Gasteiger partial charge >= 0.3 is 0 Å². The number of imide groups is 1. The molecule has 1 saturated heterocycles. The van der Waals surface area contributed by atoms with Gasteiger partial charge in [0.15, 0.2) is 0 Å². The first-order chi connectivity index (χ1) is 15.3. The zero-order chi connectivity index (χ0) is 22.9. The van der Waals surface area contributed by atoms with Gasteiger partial charge in [0.2, 0.25) is 21.8 Å². The van der Waals surface area contributed by atoms with E-state index in [0.29, 0.717) is 16.9 Å². The number of benzene rings is 2. The molecule has 2 amide bonds. The van der Waals surface area contributed by atoms with Crippen LogP contribution in [0.15, 0.2) is 47.4 Å². The van der Waals surface area contributed by atoms with Crippen molar-refractivity contribution in [2.45, 2.75) is 50.6 Å². The highest BCUT2D eigenvalue weighted by molar-refractivity contribution is 7.89. The molecule has 2 aromatic rings. The van der Waals surface area contributed by atoms with Gasteiger partial charge in [-0.1, -0.05) is 37.1 Å². The van der Waals surface area contributed by atoms with Crippen molar-refractivity contribution >= 4 is 21.8 Å². The molecule has 2 fully saturated rings. The molecule has 0 radical (unpaired) electrons. The number of sulfonamides is 1. The predicted molar refractivity (Wildman–Crippen MR) is 119 cm³/mol. The number of carbonyl (C=O) groups is 2. The number of ether oxygens (including phenoxy) is 1. The van der Waals surface area contributed by atoms with Crippen molar-refractivity contribution in [1.29, 1.82) is 0 Å². The van der Waals surface area contributed by atoms with Crippen molar-refractivity contribution in [3.8, 4) is 5.75 Å². The first-order valence-electron chi connectivity index (χ1n) is 10.9. The van der Waals surface area contributed by atoms with Crippen LogP contribution >= 0.6 is 0 Å². The van der Waals surface area contributed by atoms with Gasteiger partial charge in [0.05, 0.1) is 30.4 Å². The molecule has 0 unspecified atom stereocenters. The second-order valence-electron chi connectivity index (χ2n) is 8.53. The van der Waals surface area contributed by atoms with E-state index >= 15 is 0 Å². The Labute approximate surface area is 188 Å². The fourth-order valence-electron chi connectivity index (χ4n) is 4.60. The molecule has 2 atom stereocenters. The molecule has 2 aliphatic rings. The molecule has 0 spiro atoms. The third kappa shape index (κ3) is 4.42. The molecule has 170 valence electrons. The minimum Gasteiger partial charge on any atom is -0.497 e. The van der Waals surface area contributed by atoms with Crippen molar-refractivity contribution in [2.24, 2.45) is 11.8 Å². The molecule has 32 heavy (non-hydrogen) atoms. The highest BCUT2D eigenvalue weighted by Gasteiger charge is 2.47. The lowest BCUT2D eigenvalue weighted by Crippen LogP contribution is -2.30. The largest absolute Gasteiger partial charge is 0.497 e. The Morgan fingerprint density at radius 2 is 1.56 bits per heavy atom. The van der Waals surface area contributed by atoms with E-state index in [1.165, 1.54) is 4.90 Å². The van der Waals surface area contributed by atoms with Crippen LogP contribution in [0.25, 0.3) is 0 Å². The van der Waals surface area contributed by atoms with Crippen LogP contribution in [0.1, 0.15) is 42.4 Å². The molecule has 8 heteroatoms. The number of amides is 2. The number of hydrogen-bond donors (Lipinski definition) is 1. The third-order valence-electron chi connectivity index (χ3n) is 6.44. The minimum atomic E-state index is -3.78. The molecular weight excluding hydrogens is 428 g/mol. The Morgan fingerprint density at radius 3 is 2.16 bits per heavy atom. The number of nitrogens with zero attached hydrogens (tertiary/aromatic N) is 1. The van der Waals surface area contributed by atoms with Gasteiger partial charge in [0, 0.05) is 6.54 Å². The van der Waals surface area contributed by atoms with Gasteiger partial charge in [-0.25, -0.2) is 13.1 Å². The monoisotopic (exact) mass is 456 g/mol. The Kier molecular flexibility index (Phi) is 6.35. The summed E-state index contributed by atoms with van der Waals surface area (Å²) < 4.78 is 33.7. The van der Waals surface area contributed by atoms with E-state index in [1.807, 2.05) is 0 Å². The first kappa shape index (κ1) is 22.5. The normalized spacial score (nSPS) is 21.0. The maximum Gasteiger partial charge on any atom is 0.241 e. The summed E-state index contributed by atoms with van der Waals surface area (Å²) in [5, 5.41) is 0. The fourth-order valence-corrected chi connectivity index (χ4v) is 5.91. The highest BCUT2D eigenvalue weighted by atomic mass is 32.2. The average Bonchev–Trinajstić information content (AvgIpc) is 3.04. The van der Waals surface area contributed by atoms with E-state index in [0.717, 1.165) is 31.2 Å². The molecule has 7 nitrogen and oxygen atoms in total. The van der Waals surface area contributed by atoms with Gasteiger partial charge in [0.1, 0.15) is 5.75 Å². The molecule has 1 aliphatic carbocycles. The van der Waals surface area contributed by atoms with Crippen LogP contribution in [0.2, 0.25) is 0 Å². The fraction of sp³-hybridized carbons (Fsp3) is 0.417. The molecular formula is C24H28N2O5S. The van der Waals surface area contributed by atoms with Gasteiger partial charge in [-0.05, 0) is 54.7 Å².